The summed E-state index contributed by atoms with van der Waals surface area (Å²) in [6.07, 6.45) is 0.0182. The summed E-state index contributed by atoms with van der Waals surface area (Å²) in [6.45, 7) is 1.85. The first-order valence-electron chi connectivity index (χ1n) is 5.07. The first-order valence-corrected chi connectivity index (χ1v) is 5.07. The number of likely N-dealkylation sites (N-methyl/N-ethyl adjacent to an activating group) is 1. The predicted octanol–water partition coefficient (Wildman–Crippen LogP) is 1.54. The average molecular weight is 224 g/mol. The maximum atomic E-state index is 13.2. The third-order valence-electron chi connectivity index (χ3n) is 2.66. The van der Waals surface area contributed by atoms with E-state index in [9.17, 15) is 9.18 Å². The molecule has 2 N–H and O–H groups in total. The van der Waals surface area contributed by atoms with Crippen molar-refractivity contribution in [3.8, 4) is 5.75 Å². The number of nitrogen functional groups attached to an aromatic ring is 1. The monoisotopic (exact) mass is 224 g/mol. The van der Waals surface area contributed by atoms with Crippen molar-refractivity contribution in [2.24, 2.45) is 0 Å². The highest BCUT2D eigenvalue weighted by Crippen LogP contribution is 2.39. The molecular formula is C11H13FN2O2. The third kappa shape index (κ3) is 1.48. The fourth-order valence-electron chi connectivity index (χ4n) is 1.76. The summed E-state index contributed by atoms with van der Waals surface area (Å²) in [5.74, 6) is -0.273. The largest absolute Gasteiger partial charge is 0.476 e. The Bertz CT molecular complexity index is 448. The molecule has 2 rings (SSSR count). The highest BCUT2D eigenvalue weighted by atomic mass is 19.1. The number of halogens is 1. The Morgan fingerprint density at radius 2 is 2.25 bits per heavy atom. The number of nitrogens with zero attached hydrogens (tertiary/aromatic N) is 1. The van der Waals surface area contributed by atoms with E-state index in [-0.39, 0.29) is 11.6 Å². The van der Waals surface area contributed by atoms with Crippen molar-refractivity contribution >= 4 is 17.3 Å². The van der Waals surface area contributed by atoms with Gasteiger partial charge in [-0.25, -0.2) is 4.39 Å². The molecule has 4 nitrogen and oxygen atoms in total. The Morgan fingerprint density at radius 3 is 2.88 bits per heavy atom. The lowest BCUT2D eigenvalue weighted by molar-refractivity contribution is -0.126. The van der Waals surface area contributed by atoms with Gasteiger partial charge < -0.3 is 15.4 Å². The zero-order chi connectivity index (χ0) is 11.9. The molecule has 1 aliphatic heterocycles. The highest BCUT2D eigenvalue weighted by Gasteiger charge is 2.32. The van der Waals surface area contributed by atoms with Gasteiger partial charge in [-0.15, -0.1) is 0 Å². The number of benzene rings is 1. The van der Waals surface area contributed by atoms with Crippen LogP contribution in [-0.4, -0.2) is 19.1 Å². The van der Waals surface area contributed by atoms with E-state index in [1.165, 1.54) is 17.0 Å². The molecule has 0 saturated heterocycles. The molecule has 1 heterocycles. The van der Waals surface area contributed by atoms with Crippen molar-refractivity contribution in [2.45, 2.75) is 19.4 Å². The number of ether oxygens (including phenoxy) is 1. The zero-order valence-corrected chi connectivity index (χ0v) is 9.16. The fraction of sp³-hybridized carbons (Fsp3) is 0.364. The Kier molecular flexibility index (Phi) is 2.46. The Balaban J connectivity index is 2.54. The SMILES string of the molecule is CCC1Oc2c(N)cc(F)cc2N(C)C1=O. The molecule has 16 heavy (non-hydrogen) atoms. The molecule has 0 aromatic heterocycles. The minimum Gasteiger partial charge on any atom is -0.476 e. The average Bonchev–Trinajstić information content (AvgIpc) is 2.24. The quantitative estimate of drug-likeness (QED) is 0.736. The van der Waals surface area contributed by atoms with Crippen molar-refractivity contribution in [3.63, 3.8) is 0 Å². The number of rotatable bonds is 1. The summed E-state index contributed by atoms with van der Waals surface area (Å²) in [5.41, 5.74) is 6.26. The van der Waals surface area contributed by atoms with Gasteiger partial charge in [-0.2, -0.15) is 0 Å². The van der Waals surface area contributed by atoms with Gasteiger partial charge in [-0.05, 0) is 6.42 Å². The summed E-state index contributed by atoms with van der Waals surface area (Å²) in [5, 5.41) is 0. The molecule has 1 atom stereocenters. The third-order valence-corrected chi connectivity index (χ3v) is 2.66. The lowest BCUT2D eigenvalue weighted by Gasteiger charge is -2.32. The van der Waals surface area contributed by atoms with Crippen LogP contribution < -0.4 is 15.4 Å². The van der Waals surface area contributed by atoms with Gasteiger partial charge in [0.05, 0.1) is 11.4 Å². The molecule has 86 valence electrons. The van der Waals surface area contributed by atoms with Gasteiger partial charge in [0.1, 0.15) is 5.82 Å². The topological polar surface area (TPSA) is 55.6 Å². The van der Waals surface area contributed by atoms with Gasteiger partial charge in [0, 0.05) is 19.2 Å². The Labute approximate surface area is 92.8 Å². The molecule has 0 saturated carbocycles. The van der Waals surface area contributed by atoms with Crippen molar-refractivity contribution < 1.29 is 13.9 Å². The first-order chi connectivity index (χ1) is 7.54. The van der Waals surface area contributed by atoms with Crippen molar-refractivity contribution in [3.05, 3.63) is 17.9 Å². The lowest BCUT2D eigenvalue weighted by atomic mass is 10.1. The molecule has 5 heteroatoms. The van der Waals surface area contributed by atoms with Crippen molar-refractivity contribution in [1.82, 2.24) is 0 Å². The number of hydrogen-bond donors (Lipinski definition) is 1. The van der Waals surface area contributed by atoms with Crippen LogP contribution in [0.25, 0.3) is 0 Å². The molecule has 0 aliphatic carbocycles. The summed E-state index contributed by atoms with van der Waals surface area (Å²) >= 11 is 0. The molecule has 1 unspecified atom stereocenters. The second-order valence-corrected chi connectivity index (χ2v) is 3.76. The Hall–Kier alpha value is -1.78. The van der Waals surface area contributed by atoms with E-state index in [4.69, 9.17) is 10.5 Å². The number of hydrogen-bond acceptors (Lipinski definition) is 3. The summed E-state index contributed by atoms with van der Waals surface area (Å²) in [7, 11) is 1.59. The van der Waals surface area contributed by atoms with Gasteiger partial charge in [0.15, 0.2) is 11.9 Å². The second kappa shape index (κ2) is 3.66. The maximum Gasteiger partial charge on any atom is 0.267 e. The zero-order valence-electron chi connectivity index (χ0n) is 9.16. The first kappa shape index (κ1) is 10.7. The van der Waals surface area contributed by atoms with E-state index in [2.05, 4.69) is 0 Å². The van der Waals surface area contributed by atoms with Crippen LogP contribution in [0, 0.1) is 5.82 Å². The smallest absolute Gasteiger partial charge is 0.267 e. The molecule has 1 amide bonds. The van der Waals surface area contributed by atoms with E-state index in [0.29, 0.717) is 17.9 Å². The normalized spacial score (nSPS) is 19.3. The van der Waals surface area contributed by atoms with Crippen molar-refractivity contribution in [1.29, 1.82) is 0 Å². The highest BCUT2D eigenvalue weighted by molar-refractivity contribution is 6.00. The van der Waals surface area contributed by atoms with E-state index in [0.717, 1.165) is 0 Å². The van der Waals surface area contributed by atoms with Gasteiger partial charge in [0.2, 0.25) is 0 Å². The molecule has 0 fully saturated rings. The van der Waals surface area contributed by atoms with Crippen LogP contribution in [0.1, 0.15) is 13.3 Å². The van der Waals surface area contributed by atoms with Crippen molar-refractivity contribution in [2.75, 3.05) is 17.7 Å². The maximum absolute atomic E-state index is 13.2. The second-order valence-electron chi connectivity index (χ2n) is 3.76. The minimum absolute atomic E-state index is 0.181. The number of anilines is 2. The van der Waals surface area contributed by atoms with E-state index in [1.807, 2.05) is 6.92 Å². The predicted molar refractivity (Wildman–Crippen MR) is 58.9 cm³/mol. The van der Waals surface area contributed by atoms with Crippen LogP contribution in [0.15, 0.2) is 12.1 Å². The van der Waals surface area contributed by atoms with Crippen LogP contribution in [0.2, 0.25) is 0 Å². The van der Waals surface area contributed by atoms with Crippen LogP contribution >= 0.6 is 0 Å². The summed E-state index contributed by atoms with van der Waals surface area (Å²) < 4.78 is 18.6. The number of fused-ring (bicyclic) bond motifs is 1. The van der Waals surface area contributed by atoms with E-state index >= 15 is 0 Å². The fourth-order valence-corrected chi connectivity index (χ4v) is 1.76. The Morgan fingerprint density at radius 1 is 1.56 bits per heavy atom. The number of carbonyl (C=O) groups excluding carboxylic acids is 1. The van der Waals surface area contributed by atoms with Gasteiger partial charge in [-0.1, -0.05) is 6.92 Å². The molecule has 1 aromatic carbocycles. The molecule has 1 aliphatic rings. The van der Waals surface area contributed by atoms with Gasteiger partial charge in [0.25, 0.3) is 5.91 Å². The molecular weight excluding hydrogens is 211 g/mol. The number of amides is 1. The van der Waals surface area contributed by atoms with Gasteiger partial charge in [-0.3, -0.25) is 4.79 Å². The molecule has 0 bridgehead atoms. The van der Waals surface area contributed by atoms with E-state index < -0.39 is 11.9 Å². The number of nitrogens with two attached hydrogens (primary N) is 1. The molecule has 1 aromatic rings. The summed E-state index contributed by atoms with van der Waals surface area (Å²) in [6, 6.07) is 2.44. The van der Waals surface area contributed by atoms with Crippen LogP contribution in [0.3, 0.4) is 0 Å². The lowest BCUT2D eigenvalue weighted by Crippen LogP contribution is -2.43. The minimum atomic E-state index is -0.537. The molecule has 0 radical (unpaired) electrons. The van der Waals surface area contributed by atoms with Crippen LogP contribution in [0.5, 0.6) is 5.75 Å². The molecule has 0 spiro atoms. The summed E-state index contributed by atoms with van der Waals surface area (Å²) in [4.78, 5) is 13.2. The van der Waals surface area contributed by atoms with E-state index in [1.54, 1.807) is 7.05 Å². The van der Waals surface area contributed by atoms with Crippen LogP contribution in [-0.2, 0) is 4.79 Å². The number of carbonyl (C=O) groups is 1. The van der Waals surface area contributed by atoms with Crippen LogP contribution in [0.4, 0.5) is 15.8 Å². The van der Waals surface area contributed by atoms with Gasteiger partial charge >= 0.3 is 0 Å². The standard InChI is InChI=1S/C11H13FN2O2/c1-3-9-11(15)14(2)8-5-6(12)4-7(13)10(8)16-9/h4-5,9H,3,13H2,1-2H3.